The number of hydrogen-bond donors (Lipinski definition) is 3. The third kappa shape index (κ3) is 4.02. The summed E-state index contributed by atoms with van der Waals surface area (Å²) in [6, 6.07) is 2.07. The second-order valence-corrected chi connectivity index (χ2v) is 8.30. The Morgan fingerprint density at radius 1 is 1.09 bits per heavy atom. The SMILES string of the molecule is OC[C@@H](O)[C@H](O)COC1=CC2CC3OC4C=CC=CC4=C3C(Oc3ncccn3)C2C=C1. The molecule has 0 spiro atoms. The van der Waals surface area contributed by atoms with Crippen LogP contribution in [0.5, 0.6) is 6.01 Å². The molecule has 0 aromatic carbocycles. The average molecular weight is 438 g/mol. The van der Waals surface area contributed by atoms with Crippen LogP contribution < -0.4 is 4.74 Å². The molecule has 0 amide bonds. The number of aliphatic hydroxyl groups is 3. The van der Waals surface area contributed by atoms with Gasteiger partial charge in [0.1, 0.15) is 36.8 Å². The summed E-state index contributed by atoms with van der Waals surface area (Å²) in [6.07, 6.45) is 15.3. The predicted molar refractivity (Wildman–Crippen MR) is 114 cm³/mol. The minimum atomic E-state index is -1.24. The molecule has 8 heteroatoms. The molecule has 2 heterocycles. The van der Waals surface area contributed by atoms with E-state index in [1.807, 2.05) is 24.3 Å². The molecule has 0 saturated heterocycles. The first-order valence-corrected chi connectivity index (χ1v) is 10.8. The Morgan fingerprint density at radius 2 is 1.94 bits per heavy atom. The third-order valence-electron chi connectivity index (χ3n) is 6.29. The third-order valence-corrected chi connectivity index (χ3v) is 6.29. The number of rotatable bonds is 7. The van der Waals surface area contributed by atoms with Crippen LogP contribution in [0.4, 0.5) is 0 Å². The number of allylic oxidation sites excluding steroid dienone is 4. The maximum atomic E-state index is 9.87. The Balaban J connectivity index is 1.40. The summed E-state index contributed by atoms with van der Waals surface area (Å²) in [5.41, 5.74) is 2.27. The lowest BCUT2D eigenvalue weighted by molar-refractivity contribution is -0.0447. The van der Waals surface area contributed by atoms with Crippen molar-refractivity contribution in [3.05, 3.63) is 77.9 Å². The molecule has 1 aliphatic heterocycles. The van der Waals surface area contributed by atoms with Gasteiger partial charge in [0, 0.05) is 23.9 Å². The molecule has 0 bridgehead atoms. The van der Waals surface area contributed by atoms with Gasteiger partial charge >= 0.3 is 6.01 Å². The minimum absolute atomic E-state index is 0.0412. The fraction of sp³-hybridized carbons (Fsp3) is 0.417. The van der Waals surface area contributed by atoms with Crippen LogP contribution in [-0.4, -0.2) is 69.0 Å². The molecule has 5 unspecified atom stereocenters. The summed E-state index contributed by atoms with van der Waals surface area (Å²) in [5.74, 6) is 0.738. The first-order valence-electron chi connectivity index (χ1n) is 10.8. The molecule has 0 radical (unpaired) electrons. The van der Waals surface area contributed by atoms with Crippen molar-refractivity contribution in [3.63, 3.8) is 0 Å². The van der Waals surface area contributed by atoms with Crippen LogP contribution in [0, 0.1) is 11.8 Å². The number of fused-ring (bicyclic) bond motifs is 3. The van der Waals surface area contributed by atoms with Crippen molar-refractivity contribution in [2.75, 3.05) is 13.2 Å². The Bertz CT molecular complexity index is 985. The van der Waals surface area contributed by atoms with Gasteiger partial charge in [0.15, 0.2) is 0 Å². The highest BCUT2D eigenvalue weighted by Crippen LogP contribution is 2.47. The molecular formula is C24H26N2O6. The lowest BCUT2D eigenvalue weighted by Gasteiger charge is -2.40. The normalized spacial score (nSPS) is 32.0. The van der Waals surface area contributed by atoms with Crippen molar-refractivity contribution in [1.29, 1.82) is 0 Å². The lowest BCUT2D eigenvalue weighted by Crippen LogP contribution is -2.43. The van der Waals surface area contributed by atoms with Gasteiger partial charge in [-0.3, -0.25) is 0 Å². The summed E-state index contributed by atoms with van der Waals surface area (Å²) in [7, 11) is 0. The van der Waals surface area contributed by atoms with Crippen LogP contribution in [0.3, 0.4) is 0 Å². The van der Waals surface area contributed by atoms with Crippen molar-refractivity contribution in [1.82, 2.24) is 9.97 Å². The molecule has 3 aliphatic carbocycles. The van der Waals surface area contributed by atoms with Crippen LogP contribution in [0.25, 0.3) is 0 Å². The molecule has 32 heavy (non-hydrogen) atoms. The van der Waals surface area contributed by atoms with Crippen LogP contribution >= 0.6 is 0 Å². The zero-order valence-electron chi connectivity index (χ0n) is 17.4. The zero-order chi connectivity index (χ0) is 22.1. The van der Waals surface area contributed by atoms with E-state index in [0.29, 0.717) is 11.8 Å². The molecule has 1 aromatic rings. The first kappa shape index (κ1) is 21.1. The smallest absolute Gasteiger partial charge is 0.316 e. The summed E-state index contributed by atoms with van der Waals surface area (Å²) in [5, 5.41) is 28.4. The van der Waals surface area contributed by atoms with Gasteiger partial charge in [0.25, 0.3) is 0 Å². The molecule has 168 valence electrons. The fourth-order valence-corrected chi connectivity index (χ4v) is 4.71. The largest absolute Gasteiger partial charge is 0.491 e. The highest BCUT2D eigenvalue weighted by Gasteiger charge is 2.48. The average Bonchev–Trinajstić information content (AvgIpc) is 3.20. The van der Waals surface area contributed by atoms with Crippen LogP contribution in [0.2, 0.25) is 0 Å². The van der Waals surface area contributed by atoms with E-state index in [4.69, 9.17) is 19.3 Å². The molecule has 4 aliphatic rings. The quantitative estimate of drug-likeness (QED) is 0.583. The van der Waals surface area contributed by atoms with Crippen molar-refractivity contribution in [3.8, 4) is 6.01 Å². The maximum Gasteiger partial charge on any atom is 0.316 e. The first-order chi connectivity index (χ1) is 15.6. The van der Waals surface area contributed by atoms with Crippen LogP contribution in [0.15, 0.2) is 77.9 Å². The molecule has 8 nitrogen and oxygen atoms in total. The fourth-order valence-electron chi connectivity index (χ4n) is 4.71. The van der Waals surface area contributed by atoms with E-state index in [1.54, 1.807) is 18.5 Å². The van der Waals surface area contributed by atoms with Gasteiger partial charge in [-0.05, 0) is 36.1 Å². The highest BCUT2D eigenvalue weighted by molar-refractivity contribution is 5.47. The minimum Gasteiger partial charge on any atom is -0.491 e. The number of aromatic nitrogens is 2. The maximum absolute atomic E-state index is 9.87. The summed E-state index contributed by atoms with van der Waals surface area (Å²) in [4.78, 5) is 8.50. The highest BCUT2D eigenvalue weighted by atomic mass is 16.5. The number of aliphatic hydroxyl groups excluding tert-OH is 3. The van der Waals surface area contributed by atoms with E-state index in [2.05, 4.69) is 28.2 Å². The molecular weight excluding hydrogens is 412 g/mol. The molecule has 3 N–H and O–H groups in total. The Hall–Kier alpha value is -2.78. The van der Waals surface area contributed by atoms with Crippen LogP contribution in [-0.2, 0) is 9.47 Å². The number of nitrogens with zero attached hydrogens (tertiary/aromatic N) is 2. The van der Waals surface area contributed by atoms with E-state index >= 15 is 0 Å². The molecule has 1 fully saturated rings. The Kier molecular flexibility index (Phi) is 5.93. The van der Waals surface area contributed by atoms with Crippen molar-refractivity contribution in [2.45, 2.75) is 36.9 Å². The summed E-state index contributed by atoms with van der Waals surface area (Å²) < 4.78 is 18.4. The van der Waals surface area contributed by atoms with Crippen LogP contribution in [0.1, 0.15) is 6.42 Å². The lowest BCUT2D eigenvalue weighted by atomic mass is 9.70. The van der Waals surface area contributed by atoms with Gasteiger partial charge in [0.05, 0.1) is 12.7 Å². The van der Waals surface area contributed by atoms with Gasteiger partial charge < -0.3 is 29.5 Å². The number of hydrogen-bond acceptors (Lipinski definition) is 8. The Labute approximate surface area is 185 Å². The summed E-state index contributed by atoms with van der Waals surface area (Å²) >= 11 is 0. The molecule has 5 rings (SSSR count). The molecule has 1 aromatic heterocycles. The summed E-state index contributed by atoms with van der Waals surface area (Å²) in [6.45, 7) is -0.634. The predicted octanol–water partition coefficient (Wildman–Crippen LogP) is 1.23. The van der Waals surface area contributed by atoms with E-state index in [0.717, 1.165) is 17.6 Å². The van der Waals surface area contributed by atoms with Gasteiger partial charge in [-0.15, -0.1) is 0 Å². The van der Waals surface area contributed by atoms with E-state index in [-0.39, 0.29) is 36.8 Å². The monoisotopic (exact) mass is 438 g/mol. The van der Waals surface area contributed by atoms with E-state index in [1.165, 1.54) is 0 Å². The Morgan fingerprint density at radius 3 is 2.75 bits per heavy atom. The molecule has 7 atom stereocenters. The van der Waals surface area contributed by atoms with E-state index < -0.39 is 18.8 Å². The van der Waals surface area contributed by atoms with Gasteiger partial charge in [-0.2, -0.15) is 0 Å². The topological polar surface area (TPSA) is 114 Å². The number of ether oxygens (including phenoxy) is 3. The van der Waals surface area contributed by atoms with Crippen molar-refractivity contribution < 1.29 is 29.5 Å². The van der Waals surface area contributed by atoms with Crippen molar-refractivity contribution >= 4 is 0 Å². The zero-order valence-corrected chi connectivity index (χ0v) is 17.4. The second-order valence-electron chi connectivity index (χ2n) is 8.30. The van der Waals surface area contributed by atoms with E-state index in [9.17, 15) is 10.2 Å². The van der Waals surface area contributed by atoms with Gasteiger partial charge in [-0.1, -0.05) is 30.4 Å². The van der Waals surface area contributed by atoms with Gasteiger partial charge in [-0.25, -0.2) is 9.97 Å². The van der Waals surface area contributed by atoms with Crippen molar-refractivity contribution in [2.24, 2.45) is 11.8 Å². The molecule has 1 saturated carbocycles. The van der Waals surface area contributed by atoms with Gasteiger partial charge in [0.2, 0.25) is 0 Å². The standard InChI is InChI=1S/C24H26N2O6/c27-12-18(28)19(29)13-30-15-6-7-16-14(10-15)11-21-22(17-4-1-2-5-20(17)31-21)23(16)32-24-25-8-3-9-26-24/h1-10,14,16,18-21,23,27-29H,11-13H2/t14?,16?,18-,19-,20?,21?,23?/m1/s1. The second kappa shape index (κ2) is 8.99.